The fourth-order valence-corrected chi connectivity index (χ4v) is 2.89. The van der Waals surface area contributed by atoms with Crippen LogP contribution >= 0.6 is 11.6 Å². The molecule has 0 unspecified atom stereocenters. The van der Waals surface area contributed by atoms with E-state index in [1.165, 1.54) is 12.3 Å². The molecule has 3 rings (SSSR count). The Kier molecular flexibility index (Phi) is 4.76. The Hall–Kier alpha value is -2.47. The summed E-state index contributed by atoms with van der Waals surface area (Å²) in [5.41, 5.74) is 1.12. The van der Waals surface area contributed by atoms with E-state index in [9.17, 15) is 9.59 Å². The summed E-state index contributed by atoms with van der Waals surface area (Å²) in [5.74, 6) is 0.699. The average molecular weight is 348 g/mol. The molecule has 7 heteroatoms. The van der Waals surface area contributed by atoms with Crippen molar-refractivity contribution in [2.75, 3.05) is 38.2 Å². The molecular weight excluding hydrogens is 330 g/mol. The predicted molar refractivity (Wildman–Crippen MR) is 93.2 cm³/mol. The van der Waals surface area contributed by atoms with Crippen molar-refractivity contribution >= 4 is 23.2 Å². The lowest BCUT2D eigenvalue weighted by Crippen LogP contribution is -2.48. The van der Waals surface area contributed by atoms with Crippen LogP contribution in [0.15, 0.2) is 41.3 Å². The summed E-state index contributed by atoms with van der Waals surface area (Å²) in [5, 5.41) is 0.0257. The molecule has 1 aromatic heterocycles. The lowest BCUT2D eigenvalue weighted by atomic mass is 10.2. The highest BCUT2D eigenvalue weighted by atomic mass is 35.5. The SMILES string of the molecule is COc1ccc(N2CCN(C(=O)c3c[nH]c(=O)c(Cl)c3)CC2)cc1. The normalized spacial score (nSPS) is 14.6. The molecule has 0 saturated carbocycles. The molecule has 6 nitrogen and oxygen atoms in total. The van der Waals surface area contributed by atoms with E-state index in [1.807, 2.05) is 24.3 Å². The number of piperazine rings is 1. The van der Waals surface area contributed by atoms with Gasteiger partial charge in [-0.05, 0) is 30.3 Å². The predicted octanol–water partition coefficient (Wildman–Crippen LogP) is 2.00. The van der Waals surface area contributed by atoms with Gasteiger partial charge in [0.05, 0.1) is 12.7 Å². The van der Waals surface area contributed by atoms with Crippen LogP contribution < -0.4 is 15.2 Å². The number of H-pyrrole nitrogens is 1. The summed E-state index contributed by atoms with van der Waals surface area (Å²) >= 11 is 5.79. The number of rotatable bonds is 3. The lowest BCUT2D eigenvalue weighted by molar-refractivity contribution is 0.0746. The number of hydrogen-bond acceptors (Lipinski definition) is 4. The highest BCUT2D eigenvalue weighted by Crippen LogP contribution is 2.21. The minimum atomic E-state index is -0.391. The van der Waals surface area contributed by atoms with Gasteiger partial charge in [0.25, 0.3) is 11.5 Å². The quantitative estimate of drug-likeness (QED) is 0.922. The molecule has 1 N–H and O–H groups in total. The molecule has 0 bridgehead atoms. The number of carbonyl (C=O) groups excluding carboxylic acids is 1. The Balaban J connectivity index is 1.64. The molecular formula is C17H18ClN3O3. The maximum atomic E-state index is 12.5. The maximum absolute atomic E-state index is 12.5. The first-order valence-corrected chi connectivity index (χ1v) is 8.03. The van der Waals surface area contributed by atoms with Gasteiger partial charge in [-0.25, -0.2) is 0 Å². The molecule has 0 aliphatic carbocycles. The van der Waals surface area contributed by atoms with E-state index in [2.05, 4.69) is 9.88 Å². The fraction of sp³-hybridized carbons (Fsp3) is 0.294. The van der Waals surface area contributed by atoms with E-state index < -0.39 is 5.56 Å². The average Bonchev–Trinajstić information content (AvgIpc) is 2.63. The standard InChI is InChI=1S/C17H18ClN3O3/c1-24-14-4-2-13(3-5-14)20-6-8-21(9-7-20)17(23)12-10-15(18)16(22)19-11-12/h2-5,10-11H,6-9H2,1H3,(H,19,22). The van der Waals surface area contributed by atoms with Crippen LogP contribution in [0.2, 0.25) is 5.02 Å². The van der Waals surface area contributed by atoms with Crippen molar-refractivity contribution in [3.05, 3.63) is 57.5 Å². The third kappa shape index (κ3) is 3.38. The third-order valence-electron chi connectivity index (χ3n) is 4.11. The third-order valence-corrected chi connectivity index (χ3v) is 4.39. The Morgan fingerprint density at radius 3 is 2.42 bits per heavy atom. The minimum absolute atomic E-state index is 0.0257. The van der Waals surface area contributed by atoms with E-state index in [1.54, 1.807) is 12.0 Å². The molecule has 0 spiro atoms. The number of ether oxygens (including phenoxy) is 1. The first-order valence-electron chi connectivity index (χ1n) is 7.65. The molecule has 1 fully saturated rings. The van der Waals surface area contributed by atoms with Crippen molar-refractivity contribution in [3.63, 3.8) is 0 Å². The molecule has 2 heterocycles. The van der Waals surface area contributed by atoms with Gasteiger partial charge in [-0.1, -0.05) is 11.6 Å². The number of benzene rings is 1. The summed E-state index contributed by atoms with van der Waals surface area (Å²) in [7, 11) is 1.64. The number of nitrogens with zero attached hydrogens (tertiary/aromatic N) is 2. The number of aromatic amines is 1. The van der Waals surface area contributed by atoms with Gasteiger partial charge in [0, 0.05) is 38.1 Å². The van der Waals surface area contributed by atoms with Gasteiger partial charge in [0.2, 0.25) is 0 Å². The smallest absolute Gasteiger partial charge is 0.266 e. The van der Waals surface area contributed by atoms with Gasteiger partial charge in [-0.3, -0.25) is 9.59 Å². The zero-order chi connectivity index (χ0) is 17.1. The molecule has 24 heavy (non-hydrogen) atoms. The van der Waals surface area contributed by atoms with Crippen molar-refractivity contribution in [2.24, 2.45) is 0 Å². The highest BCUT2D eigenvalue weighted by molar-refractivity contribution is 6.30. The van der Waals surface area contributed by atoms with Crippen molar-refractivity contribution in [1.82, 2.24) is 9.88 Å². The van der Waals surface area contributed by atoms with Crippen LogP contribution in [-0.2, 0) is 0 Å². The zero-order valence-electron chi connectivity index (χ0n) is 13.3. The largest absolute Gasteiger partial charge is 0.497 e. The molecule has 0 radical (unpaired) electrons. The van der Waals surface area contributed by atoms with E-state index in [4.69, 9.17) is 16.3 Å². The zero-order valence-corrected chi connectivity index (χ0v) is 14.0. The summed E-state index contributed by atoms with van der Waals surface area (Å²) < 4.78 is 5.16. The number of aromatic nitrogens is 1. The van der Waals surface area contributed by atoms with Gasteiger partial charge in [-0.2, -0.15) is 0 Å². The molecule has 2 aromatic rings. The van der Waals surface area contributed by atoms with Gasteiger partial charge < -0.3 is 19.5 Å². The maximum Gasteiger partial charge on any atom is 0.266 e. The summed E-state index contributed by atoms with van der Waals surface area (Å²) in [6, 6.07) is 9.29. The van der Waals surface area contributed by atoms with Crippen molar-refractivity contribution in [2.45, 2.75) is 0 Å². The van der Waals surface area contributed by atoms with Crippen LogP contribution in [0, 0.1) is 0 Å². The summed E-state index contributed by atoms with van der Waals surface area (Å²) in [6.07, 6.45) is 1.41. The van der Waals surface area contributed by atoms with Crippen molar-refractivity contribution < 1.29 is 9.53 Å². The van der Waals surface area contributed by atoms with E-state index in [0.29, 0.717) is 18.7 Å². The van der Waals surface area contributed by atoms with Gasteiger partial charge in [0.1, 0.15) is 10.8 Å². The monoisotopic (exact) mass is 347 g/mol. The Morgan fingerprint density at radius 2 is 1.83 bits per heavy atom. The number of halogens is 1. The molecule has 1 saturated heterocycles. The highest BCUT2D eigenvalue weighted by Gasteiger charge is 2.22. The van der Waals surface area contributed by atoms with Crippen LogP contribution in [0.4, 0.5) is 5.69 Å². The topological polar surface area (TPSA) is 65.6 Å². The molecule has 1 amide bonds. The van der Waals surface area contributed by atoms with Crippen LogP contribution in [0.1, 0.15) is 10.4 Å². The number of anilines is 1. The Labute approximate surface area is 144 Å². The lowest BCUT2D eigenvalue weighted by Gasteiger charge is -2.36. The summed E-state index contributed by atoms with van der Waals surface area (Å²) in [6.45, 7) is 2.72. The van der Waals surface area contributed by atoms with E-state index in [-0.39, 0.29) is 10.9 Å². The number of methoxy groups -OCH3 is 1. The number of pyridine rings is 1. The van der Waals surface area contributed by atoms with Crippen molar-refractivity contribution in [3.8, 4) is 5.75 Å². The second-order valence-corrected chi connectivity index (χ2v) is 5.95. The minimum Gasteiger partial charge on any atom is -0.497 e. The van der Waals surface area contributed by atoms with Gasteiger partial charge in [0.15, 0.2) is 0 Å². The van der Waals surface area contributed by atoms with Crippen LogP contribution in [0.5, 0.6) is 5.75 Å². The summed E-state index contributed by atoms with van der Waals surface area (Å²) in [4.78, 5) is 30.3. The fourth-order valence-electron chi connectivity index (χ4n) is 2.72. The van der Waals surface area contributed by atoms with Gasteiger partial charge >= 0.3 is 0 Å². The second-order valence-electron chi connectivity index (χ2n) is 5.54. The van der Waals surface area contributed by atoms with E-state index in [0.717, 1.165) is 24.5 Å². The van der Waals surface area contributed by atoms with Crippen molar-refractivity contribution in [1.29, 1.82) is 0 Å². The number of hydrogen-bond donors (Lipinski definition) is 1. The second kappa shape index (κ2) is 6.97. The molecule has 1 aliphatic rings. The molecule has 1 aromatic carbocycles. The molecule has 0 atom stereocenters. The first-order chi connectivity index (χ1) is 11.6. The number of amides is 1. The van der Waals surface area contributed by atoms with Gasteiger partial charge in [-0.15, -0.1) is 0 Å². The number of nitrogens with one attached hydrogen (secondary N) is 1. The Bertz CT molecular complexity index is 780. The first kappa shape index (κ1) is 16.4. The van der Waals surface area contributed by atoms with Crippen LogP contribution in [0.25, 0.3) is 0 Å². The van der Waals surface area contributed by atoms with Crippen LogP contribution in [0.3, 0.4) is 0 Å². The molecule has 1 aliphatic heterocycles. The Morgan fingerprint density at radius 1 is 1.17 bits per heavy atom. The van der Waals surface area contributed by atoms with E-state index >= 15 is 0 Å². The van der Waals surface area contributed by atoms with Crippen LogP contribution in [-0.4, -0.2) is 49.1 Å². The number of carbonyl (C=O) groups is 1. The molecule has 126 valence electrons.